The van der Waals surface area contributed by atoms with Crippen molar-refractivity contribution in [3.05, 3.63) is 89.3 Å². The topological polar surface area (TPSA) is 98.7 Å². The molecule has 0 atom stereocenters. The Morgan fingerprint density at radius 3 is 2.53 bits per heavy atom. The number of carbonyl (C=O) groups is 2. The van der Waals surface area contributed by atoms with Crippen LogP contribution in [0.25, 0.3) is 28.2 Å². The number of likely N-dealkylation sites (tertiary alicyclic amines) is 1. The van der Waals surface area contributed by atoms with Gasteiger partial charge in [-0.1, -0.05) is 12.1 Å². The predicted octanol–water partition coefficient (Wildman–Crippen LogP) is 5.07. The van der Waals surface area contributed by atoms with E-state index in [1.54, 1.807) is 24.4 Å². The Morgan fingerprint density at radius 2 is 1.84 bits per heavy atom. The number of furan rings is 1. The lowest BCUT2D eigenvalue weighted by molar-refractivity contribution is -0.176. The van der Waals surface area contributed by atoms with Crippen LogP contribution >= 0.6 is 0 Å². The Morgan fingerprint density at radius 1 is 1.05 bits per heavy atom. The molecule has 2 fully saturated rings. The number of anilines is 1. The molecule has 1 spiro atoms. The summed E-state index contributed by atoms with van der Waals surface area (Å²) in [5.74, 6) is 1.32. The normalized spacial score (nSPS) is 16.1. The molecule has 2 aliphatic rings. The molecular formula is C31H29N3O4. The molecule has 0 bridgehead atoms. The maximum atomic E-state index is 12.8. The third kappa shape index (κ3) is 4.73. The second kappa shape index (κ2) is 9.58. The lowest BCUT2D eigenvalue weighted by Gasteiger charge is -2.54. The summed E-state index contributed by atoms with van der Waals surface area (Å²) < 4.78 is 11.4. The molecule has 0 aliphatic carbocycles. The number of amides is 1. The number of benzene rings is 2. The summed E-state index contributed by atoms with van der Waals surface area (Å²) in [6, 6.07) is 17.5. The van der Waals surface area contributed by atoms with Crippen molar-refractivity contribution in [1.82, 2.24) is 9.88 Å². The zero-order valence-electron chi connectivity index (χ0n) is 21.3. The average molecular weight is 508 g/mol. The number of ketones is 1. The number of rotatable bonds is 7. The molecule has 2 N–H and O–H groups in total. The number of nitrogen functional groups attached to an aromatic ring is 1. The molecule has 2 aromatic heterocycles. The Bertz CT molecular complexity index is 1540. The van der Waals surface area contributed by atoms with Gasteiger partial charge in [0, 0.05) is 43.1 Å². The summed E-state index contributed by atoms with van der Waals surface area (Å²) in [7, 11) is 0. The molecule has 0 radical (unpaired) electrons. The smallest absolute Gasteiger partial charge is 0.253 e. The van der Waals surface area contributed by atoms with Gasteiger partial charge in [-0.2, -0.15) is 0 Å². The van der Waals surface area contributed by atoms with Crippen molar-refractivity contribution in [3.63, 3.8) is 0 Å². The number of nitrogens with zero attached hydrogens (tertiary/aromatic N) is 2. The third-order valence-corrected chi connectivity index (χ3v) is 7.36. The number of hydrogen-bond donors (Lipinski definition) is 1. The van der Waals surface area contributed by atoms with Gasteiger partial charge in [0.15, 0.2) is 5.78 Å². The van der Waals surface area contributed by atoms with Crippen LogP contribution in [0, 0.1) is 12.3 Å². The van der Waals surface area contributed by atoms with Crippen LogP contribution in [0.15, 0.2) is 71.3 Å². The summed E-state index contributed by atoms with van der Waals surface area (Å²) in [4.78, 5) is 31.1. The molecular weight excluding hydrogens is 478 g/mol. The van der Waals surface area contributed by atoms with Crippen LogP contribution in [0.4, 0.5) is 5.82 Å². The number of aryl methyl sites for hydroxylation is 2. The standard InChI is InChI=1S/C31H29N3O4/c1-20-12-24(22-4-6-23(7-5-22)30(36)34-16-31(17-34)18-37-19-31)13-25-14-27(38-29(20)25)10-9-26(35)8-2-21-3-11-28(32)33-15-21/h2-8,11-15H,9-10,16-19H2,1H3,(H2,32,33)/b8-2+. The first-order chi connectivity index (χ1) is 18.4. The summed E-state index contributed by atoms with van der Waals surface area (Å²) in [6.07, 6.45) is 5.82. The van der Waals surface area contributed by atoms with Crippen LogP contribution in [-0.4, -0.2) is 47.9 Å². The highest BCUT2D eigenvalue weighted by Gasteiger charge is 2.50. The highest BCUT2D eigenvalue weighted by Crippen LogP contribution is 2.38. The monoisotopic (exact) mass is 507 g/mol. The molecule has 6 rings (SSSR count). The zero-order chi connectivity index (χ0) is 26.3. The van der Waals surface area contributed by atoms with Crippen LogP contribution in [0.1, 0.15) is 33.7 Å². The van der Waals surface area contributed by atoms with E-state index in [0.29, 0.717) is 24.2 Å². The lowest BCUT2D eigenvalue weighted by atomic mass is 9.78. The van der Waals surface area contributed by atoms with Crippen molar-refractivity contribution in [2.45, 2.75) is 19.8 Å². The lowest BCUT2D eigenvalue weighted by Crippen LogP contribution is -2.67. The first kappa shape index (κ1) is 24.1. The Labute approximate surface area is 220 Å². The van der Waals surface area contributed by atoms with Crippen LogP contribution in [0.3, 0.4) is 0 Å². The Balaban J connectivity index is 1.11. The van der Waals surface area contributed by atoms with E-state index in [4.69, 9.17) is 14.9 Å². The minimum Gasteiger partial charge on any atom is -0.461 e. The molecule has 2 saturated heterocycles. The van der Waals surface area contributed by atoms with E-state index in [1.807, 2.05) is 48.2 Å². The van der Waals surface area contributed by atoms with Gasteiger partial charge in [0.1, 0.15) is 17.2 Å². The van der Waals surface area contributed by atoms with Crippen LogP contribution in [0.5, 0.6) is 0 Å². The highest BCUT2D eigenvalue weighted by atomic mass is 16.5. The molecule has 0 saturated carbocycles. The molecule has 7 heteroatoms. The second-order valence-electron chi connectivity index (χ2n) is 10.5. The van der Waals surface area contributed by atoms with Gasteiger partial charge in [-0.25, -0.2) is 4.98 Å². The Hall–Kier alpha value is -4.23. The van der Waals surface area contributed by atoms with Crippen molar-refractivity contribution in [1.29, 1.82) is 0 Å². The maximum Gasteiger partial charge on any atom is 0.253 e. The molecule has 4 aromatic rings. The minimum absolute atomic E-state index is 0.0174. The fourth-order valence-corrected chi connectivity index (χ4v) is 5.17. The first-order valence-electron chi connectivity index (χ1n) is 12.8. The molecule has 7 nitrogen and oxygen atoms in total. The van der Waals surface area contributed by atoms with Crippen molar-refractivity contribution in [3.8, 4) is 11.1 Å². The predicted molar refractivity (Wildman–Crippen MR) is 147 cm³/mol. The van der Waals surface area contributed by atoms with E-state index in [9.17, 15) is 9.59 Å². The number of hydrogen-bond acceptors (Lipinski definition) is 6. The number of fused-ring (bicyclic) bond motifs is 1. The van der Waals surface area contributed by atoms with E-state index >= 15 is 0 Å². The average Bonchev–Trinajstić information content (AvgIpc) is 3.29. The molecule has 1 amide bonds. The molecule has 38 heavy (non-hydrogen) atoms. The van der Waals surface area contributed by atoms with E-state index in [1.165, 1.54) is 0 Å². The molecule has 192 valence electrons. The number of pyridine rings is 1. The summed E-state index contributed by atoms with van der Waals surface area (Å²) in [5.41, 5.74) is 11.3. The van der Waals surface area contributed by atoms with Crippen molar-refractivity contribution in [2.24, 2.45) is 5.41 Å². The number of ether oxygens (including phenoxy) is 1. The number of carbonyl (C=O) groups excluding carboxylic acids is 2. The summed E-state index contributed by atoms with van der Waals surface area (Å²) >= 11 is 0. The fourth-order valence-electron chi connectivity index (χ4n) is 5.17. The SMILES string of the molecule is Cc1cc(-c2ccc(C(=O)N3CC4(COC4)C3)cc2)cc2cc(CCC(=O)/C=C/c3ccc(N)nc3)oc12. The van der Waals surface area contributed by atoms with E-state index < -0.39 is 0 Å². The van der Waals surface area contributed by atoms with Crippen molar-refractivity contribution < 1.29 is 18.7 Å². The van der Waals surface area contributed by atoms with Gasteiger partial charge < -0.3 is 19.8 Å². The highest BCUT2D eigenvalue weighted by molar-refractivity contribution is 5.96. The van der Waals surface area contributed by atoms with Crippen LogP contribution in [0.2, 0.25) is 0 Å². The maximum absolute atomic E-state index is 12.8. The minimum atomic E-state index is 0.0174. The quantitative estimate of drug-likeness (QED) is 0.351. The fraction of sp³-hybridized carbons (Fsp3) is 0.258. The summed E-state index contributed by atoms with van der Waals surface area (Å²) in [6.45, 7) is 5.13. The third-order valence-electron chi connectivity index (χ3n) is 7.36. The molecule has 2 aromatic carbocycles. The van der Waals surface area contributed by atoms with Gasteiger partial charge >= 0.3 is 0 Å². The molecule has 0 unspecified atom stereocenters. The number of nitrogens with two attached hydrogens (primary N) is 1. The van der Waals surface area contributed by atoms with Crippen LogP contribution in [-0.2, 0) is 16.0 Å². The van der Waals surface area contributed by atoms with E-state index in [-0.39, 0.29) is 17.1 Å². The zero-order valence-corrected chi connectivity index (χ0v) is 21.3. The van der Waals surface area contributed by atoms with Gasteiger partial charge in [-0.3, -0.25) is 9.59 Å². The van der Waals surface area contributed by atoms with E-state index in [2.05, 4.69) is 17.1 Å². The van der Waals surface area contributed by atoms with E-state index in [0.717, 1.165) is 65.3 Å². The molecule has 2 aliphatic heterocycles. The van der Waals surface area contributed by atoms with Crippen molar-refractivity contribution >= 4 is 34.6 Å². The van der Waals surface area contributed by atoms with Gasteiger partial charge in [-0.05, 0) is 83.8 Å². The largest absolute Gasteiger partial charge is 0.461 e. The molecule has 4 heterocycles. The van der Waals surface area contributed by atoms with Crippen molar-refractivity contribution in [2.75, 3.05) is 32.0 Å². The summed E-state index contributed by atoms with van der Waals surface area (Å²) in [5, 5.41) is 1.000. The number of allylic oxidation sites excluding steroid dienone is 1. The van der Waals surface area contributed by atoms with Crippen LogP contribution < -0.4 is 5.73 Å². The number of aromatic nitrogens is 1. The second-order valence-corrected chi connectivity index (χ2v) is 10.5. The Kier molecular flexibility index (Phi) is 6.08. The van der Waals surface area contributed by atoms with Gasteiger partial charge in [0.05, 0.1) is 18.6 Å². The first-order valence-corrected chi connectivity index (χ1v) is 12.8. The van der Waals surface area contributed by atoms with Gasteiger partial charge in [-0.15, -0.1) is 0 Å². The van der Waals surface area contributed by atoms with Gasteiger partial charge in [0.25, 0.3) is 5.91 Å². The van der Waals surface area contributed by atoms with Gasteiger partial charge in [0.2, 0.25) is 0 Å².